The number of halogens is 1. The summed E-state index contributed by atoms with van der Waals surface area (Å²) in [5.74, 6) is -1.62. The van der Waals surface area contributed by atoms with Gasteiger partial charge in [0.1, 0.15) is 23.7 Å². The molecule has 3 heterocycles. The number of carboxylic acid groups (broad SMARTS) is 1. The monoisotopic (exact) mass is 492 g/mol. The predicted molar refractivity (Wildman–Crippen MR) is 122 cm³/mol. The highest BCUT2D eigenvalue weighted by Crippen LogP contribution is 2.36. The van der Waals surface area contributed by atoms with Gasteiger partial charge in [-0.2, -0.15) is 0 Å². The highest BCUT2D eigenvalue weighted by molar-refractivity contribution is 6.30. The minimum Gasteiger partial charge on any atom is -0.548 e. The van der Waals surface area contributed by atoms with Gasteiger partial charge in [-0.1, -0.05) is 23.7 Å². The van der Waals surface area contributed by atoms with Crippen LogP contribution in [-0.4, -0.2) is 56.3 Å². The summed E-state index contributed by atoms with van der Waals surface area (Å²) in [5.41, 5.74) is 2.31. The summed E-state index contributed by atoms with van der Waals surface area (Å²) in [7, 11) is 1.53. The summed E-state index contributed by atoms with van der Waals surface area (Å²) in [6, 6.07) is 9.21. The van der Waals surface area contributed by atoms with E-state index in [2.05, 4.69) is 10.2 Å². The molecule has 11 heteroatoms. The van der Waals surface area contributed by atoms with Gasteiger partial charge in [-0.3, -0.25) is 24.0 Å². The van der Waals surface area contributed by atoms with Crippen molar-refractivity contribution in [2.24, 2.45) is 4.99 Å². The topological polar surface area (TPSA) is 130 Å². The number of nitrogens with zero attached hydrogens (tertiary/aromatic N) is 5. The number of carboxylic acids is 1. The third kappa shape index (κ3) is 3.75. The number of likely N-dealkylation sites (tertiary alicyclic amines) is 1. The fourth-order valence-corrected chi connectivity index (χ4v) is 4.62. The molecule has 0 aliphatic carbocycles. The van der Waals surface area contributed by atoms with Crippen LogP contribution >= 0.6 is 11.6 Å². The summed E-state index contributed by atoms with van der Waals surface area (Å²) in [6.45, 7) is 1.72. The van der Waals surface area contributed by atoms with Crippen molar-refractivity contribution in [1.29, 1.82) is 0 Å². The summed E-state index contributed by atoms with van der Waals surface area (Å²) in [4.78, 5) is 43.1. The van der Waals surface area contributed by atoms with Gasteiger partial charge in [-0.25, -0.2) is 0 Å². The van der Waals surface area contributed by atoms with Crippen LogP contribution < -0.4 is 9.84 Å². The van der Waals surface area contributed by atoms with Crippen LogP contribution in [0.3, 0.4) is 0 Å². The molecule has 0 bridgehead atoms. The molecular formula is C24H19ClN5O5-. The van der Waals surface area contributed by atoms with Gasteiger partial charge in [-0.05, 0) is 37.3 Å². The van der Waals surface area contributed by atoms with E-state index in [4.69, 9.17) is 21.3 Å². The van der Waals surface area contributed by atoms with Crippen LogP contribution in [-0.2, 0) is 14.4 Å². The zero-order valence-corrected chi connectivity index (χ0v) is 19.5. The largest absolute Gasteiger partial charge is 0.548 e. The lowest BCUT2D eigenvalue weighted by molar-refractivity contribution is -0.311. The van der Waals surface area contributed by atoms with Crippen LogP contribution in [0.15, 0.2) is 47.5 Å². The van der Waals surface area contributed by atoms with E-state index in [0.29, 0.717) is 39.1 Å². The number of benzene rings is 2. The van der Waals surface area contributed by atoms with Crippen molar-refractivity contribution in [3.8, 4) is 11.4 Å². The number of aliphatic carboxylic acids is 1. The number of methoxy groups -OCH3 is 1. The summed E-state index contributed by atoms with van der Waals surface area (Å²) in [6.07, 6.45) is -0.154. The van der Waals surface area contributed by atoms with E-state index in [1.807, 2.05) is 0 Å². The van der Waals surface area contributed by atoms with Crippen LogP contribution in [0, 0.1) is 6.92 Å². The maximum Gasteiger partial charge on any atom is 0.230 e. The van der Waals surface area contributed by atoms with Crippen molar-refractivity contribution in [1.82, 2.24) is 19.7 Å². The third-order valence-corrected chi connectivity index (χ3v) is 6.36. The molecular weight excluding hydrogens is 474 g/mol. The van der Waals surface area contributed by atoms with Crippen LogP contribution in [0.2, 0.25) is 5.02 Å². The van der Waals surface area contributed by atoms with Gasteiger partial charge in [0.2, 0.25) is 11.8 Å². The molecule has 3 aromatic rings. The number of ether oxygens (including phenoxy) is 1. The van der Waals surface area contributed by atoms with Gasteiger partial charge in [0.05, 0.1) is 24.5 Å². The molecule has 10 nitrogen and oxygen atoms in total. The van der Waals surface area contributed by atoms with Gasteiger partial charge in [-0.15, -0.1) is 10.2 Å². The number of amides is 2. The third-order valence-electron chi connectivity index (χ3n) is 6.11. The minimum absolute atomic E-state index is 0.0772. The Hall–Kier alpha value is -4.05. The number of imide groups is 1. The Balaban J connectivity index is 1.82. The highest BCUT2D eigenvalue weighted by Gasteiger charge is 2.44. The van der Waals surface area contributed by atoms with E-state index in [1.54, 1.807) is 54.0 Å². The number of hydrogen-bond acceptors (Lipinski definition) is 8. The Morgan fingerprint density at radius 2 is 1.80 bits per heavy atom. The van der Waals surface area contributed by atoms with Gasteiger partial charge >= 0.3 is 0 Å². The molecule has 1 unspecified atom stereocenters. The Bertz CT molecular complexity index is 1380. The lowest BCUT2D eigenvalue weighted by atomic mass is 9.99. The smallest absolute Gasteiger partial charge is 0.230 e. The molecule has 0 spiro atoms. The molecule has 0 saturated carbocycles. The van der Waals surface area contributed by atoms with Gasteiger partial charge < -0.3 is 14.6 Å². The number of fused-ring (bicyclic) bond motifs is 3. The Kier molecular flexibility index (Phi) is 5.60. The van der Waals surface area contributed by atoms with E-state index < -0.39 is 29.9 Å². The number of carbonyl (C=O) groups is 3. The van der Waals surface area contributed by atoms with Gasteiger partial charge in [0.25, 0.3) is 0 Å². The van der Waals surface area contributed by atoms with Crippen molar-refractivity contribution >= 4 is 35.1 Å². The molecule has 2 aromatic carbocycles. The van der Waals surface area contributed by atoms with Crippen molar-refractivity contribution in [3.63, 3.8) is 0 Å². The number of rotatable bonds is 5. The Labute approximate surface area is 204 Å². The quantitative estimate of drug-likeness (QED) is 0.492. The predicted octanol–water partition coefficient (Wildman–Crippen LogP) is 1.40. The Morgan fingerprint density at radius 3 is 2.43 bits per heavy atom. The van der Waals surface area contributed by atoms with Gasteiger partial charge in [0, 0.05) is 29.0 Å². The van der Waals surface area contributed by atoms with Crippen LogP contribution in [0.5, 0.6) is 5.75 Å². The maximum atomic E-state index is 12.6. The first kappa shape index (κ1) is 22.7. The zero-order valence-electron chi connectivity index (χ0n) is 18.8. The normalized spacial score (nSPS) is 18.0. The van der Waals surface area contributed by atoms with Crippen molar-refractivity contribution in [3.05, 3.63) is 70.3 Å². The number of carbonyl (C=O) groups excluding carboxylic acids is 3. The molecule has 0 N–H and O–H groups in total. The highest BCUT2D eigenvalue weighted by atomic mass is 35.5. The van der Waals surface area contributed by atoms with Crippen LogP contribution in [0.25, 0.3) is 5.69 Å². The SMILES string of the molecule is COc1ccc2c(c1)C(c1ccc(Cl)cc1)=NC([C@@H](C(=O)[O-])N1C(=O)CCC1=O)c1nnc(C)n1-2. The van der Waals surface area contributed by atoms with Gasteiger partial charge in [0.15, 0.2) is 5.82 Å². The van der Waals surface area contributed by atoms with E-state index >= 15 is 0 Å². The maximum absolute atomic E-state index is 12.6. The summed E-state index contributed by atoms with van der Waals surface area (Å²) >= 11 is 6.10. The van der Waals surface area contributed by atoms with E-state index in [0.717, 1.165) is 4.90 Å². The molecule has 1 fully saturated rings. The molecule has 0 radical (unpaired) electrons. The summed E-state index contributed by atoms with van der Waals surface area (Å²) < 4.78 is 7.10. The lowest BCUT2D eigenvalue weighted by Gasteiger charge is -2.31. The van der Waals surface area contributed by atoms with Crippen molar-refractivity contribution < 1.29 is 24.2 Å². The molecule has 178 valence electrons. The molecule has 2 atom stereocenters. The van der Waals surface area contributed by atoms with Crippen LogP contribution in [0.4, 0.5) is 0 Å². The molecule has 35 heavy (non-hydrogen) atoms. The summed E-state index contributed by atoms with van der Waals surface area (Å²) in [5, 5.41) is 21.3. The Morgan fingerprint density at radius 1 is 1.11 bits per heavy atom. The first-order valence-electron chi connectivity index (χ1n) is 10.8. The zero-order chi connectivity index (χ0) is 24.9. The second-order valence-electron chi connectivity index (χ2n) is 8.17. The van der Waals surface area contributed by atoms with E-state index in [-0.39, 0.29) is 18.7 Å². The first-order chi connectivity index (χ1) is 16.8. The molecule has 5 rings (SSSR count). The minimum atomic E-state index is -1.71. The molecule has 1 aromatic heterocycles. The number of aromatic nitrogens is 3. The van der Waals surface area contributed by atoms with Crippen LogP contribution in [0.1, 0.15) is 41.7 Å². The molecule has 1 saturated heterocycles. The standard InChI is InChI=1S/C24H20ClN5O5/c1-12-27-28-23-21(22(24(33)34)30-18(31)9-10-19(30)32)26-20(13-3-5-14(25)6-4-13)16-11-15(35-2)7-8-17(16)29(12)23/h3-8,11,21-22H,9-10H2,1-2H3,(H,33,34)/p-1/t21?,22-/m0/s1. The van der Waals surface area contributed by atoms with Crippen molar-refractivity contribution in [2.75, 3.05) is 7.11 Å². The fourth-order valence-electron chi connectivity index (χ4n) is 4.49. The average molecular weight is 493 g/mol. The molecule has 2 aliphatic heterocycles. The second kappa shape index (κ2) is 8.62. The molecule has 2 aliphatic rings. The first-order valence-corrected chi connectivity index (χ1v) is 11.2. The number of hydrogen-bond donors (Lipinski definition) is 0. The number of aliphatic imine (C=N–C) groups is 1. The lowest BCUT2D eigenvalue weighted by Crippen LogP contribution is -2.53. The molecule has 2 amide bonds. The van der Waals surface area contributed by atoms with E-state index in [1.165, 1.54) is 7.11 Å². The fraction of sp³-hybridized carbons (Fsp3) is 0.250. The average Bonchev–Trinajstić information content (AvgIpc) is 3.33. The number of aryl methyl sites for hydroxylation is 1. The van der Waals surface area contributed by atoms with E-state index in [9.17, 15) is 19.5 Å². The van der Waals surface area contributed by atoms with Crippen molar-refractivity contribution in [2.45, 2.75) is 31.8 Å². The second-order valence-corrected chi connectivity index (χ2v) is 8.61.